The van der Waals surface area contributed by atoms with Crippen molar-refractivity contribution in [1.29, 1.82) is 0 Å². The molecule has 0 aliphatic rings. The number of rotatable bonds is 7. The van der Waals surface area contributed by atoms with E-state index in [0.717, 1.165) is 29.9 Å². The minimum atomic E-state index is 0.290. The molecule has 0 radical (unpaired) electrons. The lowest BCUT2D eigenvalue weighted by Gasteiger charge is -2.26. The van der Waals surface area contributed by atoms with Gasteiger partial charge in [-0.3, -0.25) is 0 Å². The minimum Gasteiger partial charge on any atom is -0.497 e. The number of nitrogens with two attached hydrogens (primary N) is 1. The van der Waals surface area contributed by atoms with E-state index in [1.54, 1.807) is 14.2 Å². The summed E-state index contributed by atoms with van der Waals surface area (Å²) in [6.07, 6.45) is 2.00. The molecule has 1 aromatic carbocycles. The highest BCUT2D eigenvalue weighted by Crippen LogP contribution is 2.34. The fraction of sp³-hybridized carbons (Fsp3) is 0.571. The Morgan fingerprint density at radius 3 is 2.44 bits per heavy atom. The molecule has 102 valence electrons. The van der Waals surface area contributed by atoms with E-state index < -0.39 is 0 Å². The summed E-state index contributed by atoms with van der Waals surface area (Å²) in [5, 5.41) is 0. The summed E-state index contributed by atoms with van der Waals surface area (Å²) in [6, 6.07) is 6.20. The summed E-state index contributed by atoms with van der Waals surface area (Å²) < 4.78 is 10.7. The van der Waals surface area contributed by atoms with E-state index in [1.807, 2.05) is 18.2 Å². The van der Waals surface area contributed by atoms with Crippen LogP contribution in [0.1, 0.15) is 24.4 Å². The molecular weight excluding hydrogens is 228 g/mol. The molecule has 0 bridgehead atoms. The zero-order valence-electron chi connectivity index (χ0n) is 11.8. The fourth-order valence-electron chi connectivity index (χ4n) is 2.10. The van der Waals surface area contributed by atoms with Crippen molar-refractivity contribution in [2.75, 3.05) is 34.9 Å². The molecule has 4 heteroatoms. The summed E-state index contributed by atoms with van der Waals surface area (Å²) in [4.78, 5) is 2.19. The number of benzene rings is 1. The Labute approximate surface area is 110 Å². The van der Waals surface area contributed by atoms with E-state index in [9.17, 15) is 0 Å². The normalized spacial score (nSPS) is 12.6. The van der Waals surface area contributed by atoms with Crippen molar-refractivity contribution in [3.63, 3.8) is 0 Å². The topological polar surface area (TPSA) is 47.7 Å². The van der Waals surface area contributed by atoms with E-state index in [2.05, 4.69) is 19.0 Å². The van der Waals surface area contributed by atoms with Crippen molar-refractivity contribution in [1.82, 2.24) is 4.90 Å². The highest BCUT2D eigenvalue weighted by molar-refractivity contribution is 5.42. The Morgan fingerprint density at radius 1 is 1.22 bits per heavy atom. The smallest absolute Gasteiger partial charge is 0.123 e. The number of nitrogens with zero attached hydrogens (tertiary/aromatic N) is 1. The lowest BCUT2D eigenvalue weighted by molar-refractivity contribution is 0.270. The molecule has 0 fully saturated rings. The van der Waals surface area contributed by atoms with E-state index >= 15 is 0 Å². The average Bonchev–Trinajstić information content (AvgIpc) is 2.38. The van der Waals surface area contributed by atoms with Gasteiger partial charge in [-0.25, -0.2) is 0 Å². The van der Waals surface area contributed by atoms with Gasteiger partial charge in [0.1, 0.15) is 11.5 Å². The van der Waals surface area contributed by atoms with Crippen LogP contribution in [-0.2, 0) is 0 Å². The third-order valence-electron chi connectivity index (χ3n) is 3.10. The third-order valence-corrected chi connectivity index (χ3v) is 3.10. The molecule has 0 spiro atoms. The first kappa shape index (κ1) is 14.8. The summed E-state index contributed by atoms with van der Waals surface area (Å²) >= 11 is 0. The lowest BCUT2D eigenvalue weighted by Crippen LogP contribution is -2.21. The van der Waals surface area contributed by atoms with Crippen LogP contribution in [0.2, 0.25) is 0 Å². The molecule has 0 aliphatic carbocycles. The largest absolute Gasteiger partial charge is 0.497 e. The molecule has 0 aromatic heterocycles. The van der Waals surface area contributed by atoms with Crippen molar-refractivity contribution < 1.29 is 9.47 Å². The summed E-state index contributed by atoms with van der Waals surface area (Å²) in [5.74, 6) is 1.75. The van der Waals surface area contributed by atoms with Crippen LogP contribution in [0.3, 0.4) is 0 Å². The van der Waals surface area contributed by atoms with E-state index in [-0.39, 0.29) is 0 Å². The quantitative estimate of drug-likeness (QED) is 0.807. The first-order valence-corrected chi connectivity index (χ1v) is 6.22. The molecule has 0 heterocycles. The number of hydrogen-bond acceptors (Lipinski definition) is 4. The Morgan fingerprint density at radius 2 is 1.94 bits per heavy atom. The van der Waals surface area contributed by atoms with Gasteiger partial charge in [0, 0.05) is 11.6 Å². The van der Waals surface area contributed by atoms with Gasteiger partial charge < -0.3 is 20.1 Å². The predicted molar refractivity (Wildman–Crippen MR) is 74.3 cm³/mol. The van der Waals surface area contributed by atoms with Gasteiger partial charge in [-0.05, 0) is 51.7 Å². The van der Waals surface area contributed by atoms with Crippen molar-refractivity contribution in [2.24, 2.45) is 5.73 Å². The summed E-state index contributed by atoms with van der Waals surface area (Å²) in [7, 11) is 7.51. The Hall–Kier alpha value is -1.26. The molecule has 1 atom stereocenters. The number of ether oxygens (including phenoxy) is 2. The van der Waals surface area contributed by atoms with Crippen molar-refractivity contribution in [2.45, 2.75) is 18.9 Å². The van der Waals surface area contributed by atoms with Gasteiger partial charge >= 0.3 is 0 Å². The van der Waals surface area contributed by atoms with Gasteiger partial charge in [-0.2, -0.15) is 0 Å². The number of hydrogen-bond donors (Lipinski definition) is 1. The van der Waals surface area contributed by atoms with Crippen LogP contribution >= 0.6 is 0 Å². The van der Waals surface area contributed by atoms with Crippen LogP contribution < -0.4 is 15.2 Å². The van der Waals surface area contributed by atoms with Crippen LogP contribution in [-0.4, -0.2) is 39.8 Å². The molecule has 18 heavy (non-hydrogen) atoms. The van der Waals surface area contributed by atoms with Gasteiger partial charge in [0.25, 0.3) is 0 Å². The van der Waals surface area contributed by atoms with Crippen molar-refractivity contribution >= 4 is 0 Å². The highest BCUT2D eigenvalue weighted by Gasteiger charge is 2.18. The molecule has 1 rings (SSSR count). The van der Waals surface area contributed by atoms with Crippen LogP contribution in [0.25, 0.3) is 0 Å². The molecule has 0 aliphatic heterocycles. The van der Waals surface area contributed by atoms with Gasteiger partial charge in [0.15, 0.2) is 0 Å². The van der Waals surface area contributed by atoms with Gasteiger partial charge in [0.05, 0.1) is 14.2 Å². The van der Waals surface area contributed by atoms with Gasteiger partial charge in [-0.1, -0.05) is 0 Å². The highest BCUT2D eigenvalue weighted by atomic mass is 16.5. The van der Waals surface area contributed by atoms with Crippen molar-refractivity contribution in [3.8, 4) is 11.5 Å². The zero-order valence-corrected chi connectivity index (χ0v) is 11.8. The first-order chi connectivity index (χ1) is 8.63. The Balaban J connectivity index is 3.07. The molecule has 4 nitrogen and oxygen atoms in total. The van der Waals surface area contributed by atoms with Crippen LogP contribution in [0.5, 0.6) is 11.5 Å². The molecule has 1 aromatic rings. The van der Waals surface area contributed by atoms with E-state index in [4.69, 9.17) is 15.2 Å². The lowest BCUT2D eigenvalue weighted by atomic mass is 9.99. The van der Waals surface area contributed by atoms with E-state index in [0.29, 0.717) is 12.6 Å². The second-order valence-corrected chi connectivity index (χ2v) is 4.52. The maximum absolute atomic E-state index is 5.61. The molecule has 0 amide bonds. The van der Waals surface area contributed by atoms with Gasteiger partial charge in [-0.15, -0.1) is 0 Å². The molecule has 1 unspecified atom stereocenters. The molecule has 2 N–H and O–H groups in total. The molecule has 0 saturated heterocycles. The second-order valence-electron chi connectivity index (χ2n) is 4.52. The molecular formula is C14H24N2O2. The van der Waals surface area contributed by atoms with Crippen LogP contribution in [0.15, 0.2) is 18.2 Å². The number of methoxy groups -OCH3 is 2. The fourth-order valence-corrected chi connectivity index (χ4v) is 2.10. The average molecular weight is 252 g/mol. The monoisotopic (exact) mass is 252 g/mol. The summed E-state index contributed by atoms with van der Waals surface area (Å²) in [6.45, 7) is 0.705. The maximum Gasteiger partial charge on any atom is 0.123 e. The van der Waals surface area contributed by atoms with Gasteiger partial charge in [0.2, 0.25) is 0 Å². The zero-order chi connectivity index (χ0) is 13.5. The Kier molecular flexibility index (Phi) is 5.95. The maximum atomic E-state index is 5.61. The molecule has 0 saturated carbocycles. The standard InChI is InChI=1S/C14H24N2O2/c1-16(2)13(6-5-9-15)12-10-11(17-3)7-8-14(12)18-4/h7-8,10,13H,5-6,9,15H2,1-4H3. The third kappa shape index (κ3) is 3.62. The summed E-state index contributed by atoms with van der Waals surface area (Å²) in [5.41, 5.74) is 6.76. The van der Waals surface area contributed by atoms with Crippen molar-refractivity contribution in [3.05, 3.63) is 23.8 Å². The minimum absolute atomic E-state index is 0.290. The predicted octanol–water partition coefficient (Wildman–Crippen LogP) is 2.05. The SMILES string of the molecule is COc1ccc(OC)c(C(CCCN)N(C)C)c1. The Bertz CT molecular complexity index is 367. The van der Waals surface area contributed by atoms with Crippen LogP contribution in [0, 0.1) is 0 Å². The van der Waals surface area contributed by atoms with E-state index in [1.165, 1.54) is 0 Å². The second kappa shape index (κ2) is 7.24. The first-order valence-electron chi connectivity index (χ1n) is 6.22. The van der Waals surface area contributed by atoms with Crippen LogP contribution in [0.4, 0.5) is 0 Å².